The molecule has 0 saturated heterocycles. The molecule has 0 aliphatic carbocycles. The molecule has 2 aromatic heterocycles. The Balaban J connectivity index is 2.34. The van der Waals surface area contributed by atoms with E-state index in [2.05, 4.69) is 16.5 Å². The normalized spacial score (nSPS) is 11.9. The first-order valence-corrected chi connectivity index (χ1v) is 6.60. The van der Waals surface area contributed by atoms with E-state index in [1.807, 2.05) is 25.1 Å². The molecule has 0 radical (unpaired) electrons. The van der Waals surface area contributed by atoms with Crippen molar-refractivity contribution >= 4 is 17.7 Å². The molecule has 0 bridgehead atoms. The average Bonchev–Trinajstić information content (AvgIpc) is 2.46. The lowest BCUT2D eigenvalue weighted by atomic mass is 10.1. The third-order valence-electron chi connectivity index (χ3n) is 2.62. The summed E-state index contributed by atoms with van der Waals surface area (Å²) in [5.74, 6) is 0.618. The van der Waals surface area contributed by atoms with Gasteiger partial charge >= 0.3 is 0 Å². The number of hydrogen-bond donors (Lipinski definition) is 1. The second-order valence-corrected chi connectivity index (χ2v) is 4.83. The Labute approximate surface area is 123 Å². The highest BCUT2D eigenvalue weighted by Crippen LogP contribution is 2.28. The number of aromatic nitrogens is 2. The van der Waals surface area contributed by atoms with Gasteiger partial charge in [0.1, 0.15) is 17.5 Å². The standard InChI is InChI=1S/C15H16ClN3O/c1-3-11-4-5-18-14(6-11)13-7-12(8-19-15(13)16)20-9-10(2)17/h3-8,10H,1,9,17H2,2H3/t10-/m1/s1. The van der Waals surface area contributed by atoms with Gasteiger partial charge < -0.3 is 10.5 Å². The van der Waals surface area contributed by atoms with E-state index >= 15 is 0 Å². The van der Waals surface area contributed by atoms with Gasteiger partial charge in [0.15, 0.2) is 0 Å². The Morgan fingerprint density at radius 2 is 2.25 bits per heavy atom. The molecule has 0 fully saturated rings. The zero-order chi connectivity index (χ0) is 14.5. The Morgan fingerprint density at radius 3 is 2.95 bits per heavy atom. The van der Waals surface area contributed by atoms with Gasteiger partial charge in [-0.15, -0.1) is 0 Å². The van der Waals surface area contributed by atoms with Crippen molar-refractivity contribution in [3.8, 4) is 17.0 Å². The summed E-state index contributed by atoms with van der Waals surface area (Å²) in [4.78, 5) is 8.42. The van der Waals surface area contributed by atoms with E-state index in [1.54, 1.807) is 18.5 Å². The van der Waals surface area contributed by atoms with E-state index in [-0.39, 0.29) is 6.04 Å². The number of rotatable bonds is 5. The lowest BCUT2D eigenvalue weighted by molar-refractivity contribution is 0.295. The minimum absolute atomic E-state index is 0.0450. The van der Waals surface area contributed by atoms with Crippen LogP contribution >= 0.6 is 11.6 Å². The van der Waals surface area contributed by atoms with E-state index in [0.717, 1.165) is 16.8 Å². The average molecular weight is 290 g/mol. The lowest BCUT2D eigenvalue weighted by Crippen LogP contribution is -2.23. The minimum atomic E-state index is -0.0450. The second-order valence-electron chi connectivity index (χ2n) is 4.48. The predicted molar refractivity (Wildman–Crippen MR) is 81.7 cm³/mol. The fourth-order valence-corrected chi connectivity index (χ4v) is 1.84. The fourth-order valence-electron chi connectivity index (χ4n) is 1.64. The highest BCUT2D eigenvalue weighted by atomic mass is 35.5. The van der Waals surface area contributed by atoms with Crippen molar-refractivity contribution in [3.05, 3.63) is 47.9 Å². The number of nitrogens with two attached hydrogens (primary N) is 1. The van der Waals surface area contributed by atoms with Crippen LogP contribution in [0.4, 0.5) is 0 Å². The highest BCUT2D eigenvalue weighted by molar-refractivity contribution is 6.32. The van der Waals surface area contributed by atoms with Gasteiger partial charge in [0.05, 0.1) is 11.9 Å². The largest absolute Gasteiger partial charge is 0.490 e. The quantitative estimate of drug-likeness (QED) is 0.859. The van der Waals surface area contributed by atoms with Gasteiger partial charge in [0.25, 0.3) is 0 Å². The van der Waals surface area contributed by atoms with Gasteiger partial charge in [0, 0.05) is 17.8 Å². The lowest BCUT2D eigenvalue weighted by Gasteiger charge is -2.10. The van der Waals surface area contributed by atoms with Crippen molar-refractivity contribution in [3.63, 3.8) is 0 Å². The third-order valence-corrected chi connectivity index (χ3v) is 2.92. The molecular formula is C15H16ClN3O. The van der Waals surface area contributed by atoms with Gasteiger partial charge in [-0.3, -0.25) is 4.98 Å². The van der Waals surface area contributed by atoms with Crippen LogP contribution in [0.2, 0.25) is 5.15 Å². The van der Waals surface area contributed by atoms with Gasteiger partial charge in [-0.2, -0.15) is 0 Å². The molecular weight excluding hydrogens is 274 g/mol. The maximum absolute atomic E-state index is 6.13. The van der Waals surface area contributed by atoms with Crippen LogP contribution in [-0.2, 0) is 0 Å². The topological polar surface area (TPSA) is 61.0 Å². The molecule has 104 valence electrons. The second kappa shape index (κ2) is 6.50. The van der Waals surface area contributed by atoms with Crippen molar-refractivity contribution in [2.24, 2.45) is 5.73 Å². The Kier molecular flexibility index (Phi) is 4.71. The first-order valence-electron chi connectivity index (χ1n) is 6.23. The summed E-state index contributed by atoms with van der Waals surface area (Å²) >= 11 is 6.13. The molecule has 1 atom stereocenters. The first-order chi connectivity index (χ1) is 9.60. The Bertz CT molecular complexity index is 614. The molecule has 0 unspecified atom stereocenters. The van der Waals surface area contributed by atoms with Gasteiger partial charge in [-0.25, -0.2) is 4.98 Å². The van der Waals surface area contributed by atoms with E-state index in [4.69, 9.17) is 22.1 Å². The number of ether oxygens (including phenoxy) is 1. The molecule has 2 rings (SSSR count). The zero-order valence-corrected chi connectivity index (χ0v) is 12.0. The molecule has 0 saturated carbocycles. The molecule has 0 aromatic carbocycles. The predicted octanol–water partition coefficient (Wildman–Crippen LogP) is 3.17. The summed E-state index contributed by atoms with van der Waals surface area (Å²) in [5, 5.41) is 0.381. The molecule has 0 aliphatic heterocycles. The van der Waals surface area contributed by atoms with Crippen molar-refractivity contribution in [1.29, 1.82) is 0 Å². The van der Waals surface area contributed by atoms with E-state index in [9.17, 15) is 0 Å². The van der Waals surface area contributed by atoms with Crippen LogP contribution in [0, 0.1) is 0 Å². The van der Waals surface area contributed by atoms with Crippen LogP contribution in [0.3, 0.4) is 0 Å². The molecule has 2 N–H and O–H groups in total. The van der Waals surface area contributed by atoms with Crippen LogP contribution < -0.4 is 10.5 Å². The summed E-state index contributed by atoms with van der Waals surface area (Å²) in [6, 6.07) is 5.53. The molecule has 0 spiro atoms. The molecule has 2 heterocycles. The summed E-state index contributed by atoms with van der Waals surface area (Å²) in [7, 11) is 0. The Hall–Kier alpha value is -1.91. The van der Waals surface area contributed by atoms with E-state index in [0.29, 0.717) is 17.5 Å². The van der Waals surface area contributed by atoms with E-state index in [1.165, 1.54) is 0 Å². The van der Waals surface area contributed by atoms with Crippen molar-refractivity contribution in [2.75, 3.05) is 6.61 Å². The zero-order valence-electron chi connectivity index (χ0n) is 11.2. The highest BCUT2D eigenvalue weighted by Gasteiger charge is 2.09. The molecule has 0 amide bonds. The summed E-state index contributed by atoms with van der Waals surface area (Å²) in [6.45, 7) is 6.03. The monoisotopic (exact) mass is 289 g/mol. The smallest absolute Gasteiger partial charge is 0.138 e. The first kappa shape index (κ1) is 14.5. The Morgan fingerprint density at radius 1 is 1.45 bits per heavy atom. The number of nitrogens with zero attached hydrogens (tertiary/aromatic N) is 2. The number of halogens is 1. The van der Waals surface area contributed by atoms with Crippen LogP contribution in [0.15, 0.2) is 37.2 Å². The van der Waals surface area contributed by atoms with Crippen molar-refractivity contribution in [2.45, 2.75) is 13.0 Å². The number of pyridine rings is 2. The fraction of sp³-hybridized carbons (Fsp3) is 0.200. The van der Waals surface area contributed by atoms with Crippen molar-refractivity contribution in [1.82, 2.24) is 9.97 Å². The van der Waals surface area contributed by atoms with Crippen molar-refractivity contribution < 1.29 is 4.74 Å². The SMILES string of the molecule is C=Cc1ccnc(-c2cc(OC[C@@H](C)N)cnc2Cl)c1. The third kappa shape index (κ3) is 3.56. The molecule has 0 aliphatic rings. The summed E-state index contributed by atoms with van der Waals surface area (Å²) in [5.41, 5.74) is 8.08. The maximum atomic E-state index is 6.13. The molecule has 2 aromatic rings. The van der Waals surface area contributed by atoms with Crippen LogP contribution in [0.1, 0.15) is 12.5 Å². The van der Waals surface area contributed by atoms with Gasteiger partial charge in [-0.05, 0) is 30.7 Å². The van der Waals surface area contributed by atoms with Crippen LogP contribution in [0.5, 0.6) is 5.75 Å². The van der Waals surface area contributed by atoms with Crippen LogP contribution in [-0.4, -0.2) is 22.6 Å². The minimum Gasteiger partial charge on any atom is -0.490 e. The maximum Gasteiger partial charge on any atom is 0.138 e. The summed E-state index contributed by atoms with van der Waals surface area (Å²) in [6.07, 6.45) is 5.03. The molecule has 20 heavy (non-hydrogen) atoms. The van der Waals surface area contributed by atoms with E-state index < -0.39 is 0 Å². The van der Waals surface area contributed by atoms with Gasteiger partial charge in [-0.1, -0.05) is 24.3 Å². The van der Waals surface area contributed by atoms with Gasteiger partial charge in [0.2, 0.25) is 0 Å². The summed E-state index contributed by atoms with van der Waals surface area (Å²) < 4.78 is 5.55. The number of hydrogen-bond acceptors (Lipinski definition) is 4. The molecule has 4 nitrogen and oxygen atoms in total. The van der Waals surface area contributed by atoms with Crippen LogP contribution in [0.25, 0.3) is 17.3 Å². The molecule has 5 heteroatoms.